The first-order chi connectivity index (χ1) is 10.3. The van der Waals surface area contributed by atoms with Gasteiger partial charge in [-0.2, -0.15) is 0 Å². The van der Waals surface area contributed by atoms with E-state index < -0.39 is 0 Å². The van der Waals surface area contributed by atoms with Gasteiger partial charge in [-0.25, -0.2) is 0 Å². The quantitative estimate of drug-likeness (QED) is 0.916. The van der Waals surface area contributed by atoms with Gasteiger partial charge in [-0.15, -0.1) is 11.3 Å². The van der Waals surface area contributed by atoms with Crippen LogP contribution in [0.4, 0.5) is 0 Å². The minimum absolute atomic E-state index is 0.0650. The molecular weight excluding hydrogens is 296 g/mol. The van der Waals surface area contributed by atoms with Gasteiger partial charge in [-0.3, -0.25) is 9.59 Å². The topological polar surface area (TPSA) is 51.1 Å². The molecule has 0 radical (unpaired) electrons. The zero-order valence-corrected chi connectivity index (χ0v) is 14.7. The number of thiophene rings is 1. The first-order valence-electron chi connectivity index (χ1n) is 7.78. The van der Waals surface area contributed by atoms with Crippen LogP contribution in [0.25, 0.3) is 10.1 Å². The van der Waals surface area contributed by atoms with Crippen LogP contribution in [0.15, 0.2) is 17.1 Å². The maximum Gasteiger partial charge on any atom is 0.260 e. The molecule has 2 heterocycles. The molecule has 1 N–H and O–H groups in total. The SMILES string of the molecule is CC[C@H](C)NC(=O)c1c(C)sc2ccn(CC(C)C)c(=O)c12. The monoisotopic (exact) mass is 320 g/mol. The highest BCUT2D eigenvalue weighted by Gasteiger charge is 2.21. The molecule has 2 aromatic heterocycles. The van der Waals surface area contributed by atoms with Crippen LogP contribution in [0.3, 0.4) is 0 Å². The van der Waals surface area contributed by atoms with E-state index in [4.69, 9.17) is 0 Å². The molecule has 0 saturated heterocycles. The van der Waals surface area contributed by atoms with Crippen LogP contribution in [0, 0.1) is 12.8 Å². The molecule has 0 saturated carbocycles. The third kappa shape index (κ3) is 3.24. The summed E-state index contributed by atoms with van der Waals surface area (Å²) in [7, 11) is 0. The summed E-state index contributed by atoms with van der Waals surface area (Å²) in [6.07, 6.45) is 2.70. The highest BCUT2D eigenvalue weighted by Crippen LogP contribution is 2.28. The van der Waals surface area contributed by atoms with Crippen LogP contribution in [0.1, 0.15) is 49.4 Å². The van der Waals surface area contributed by atoms with Crippen LogP contribution in [0.2, 0.25) is 0 Å². The van der Waals surface area contributed by atoms with Gasteiger partial charge in [0.1, 0.15) is 0 Å². The van der Waals surface area contributed by atoms with Gasteiger partial charge in [0, 0.05) is 28.4 Å². The summed E-state index contributed by atoms with van der Waals surface area (Å²) in [5.41, 5.74) is 0.480. The van der Waals surface area contributed by atoms with Crippen molar-refractivity contribution >= 4 is 27.3 Å². The molecule has 0 spiro atoms. The van der Waals surface area contributed by atoms with E-state index in [0.29, 0.717) is 23.4 Å². The lowest BCUT2D eigenvalue weighted by atomic mass is 10.1. The molecule has 0 unspecified atom stereocenters. The first kappa shape index (κ1) is 16.7. The van der Waals surface area contributed by atoms with Gasteiger partial charge < -0.3 is 9.88 Å². The molecule has 0 fully saturated rings. The smallest absolute Gasteiger partial charge is 0.260 e. The zero-order valence-electron chi connectivity index (χ0n) is 13.9. The number of pyridine rings is 1. The molecule has 1 amide bonds. The number of amides is 1. The van der Waals surface area contributed by atoms with E-state index in [9.17, 15) is 9.59 Å². The van der Waals surface area contributed by atoms with Crippen LogP contribution < -0.4 is 10.9 Å². The van der Waals surface area contributed by atoms with Crippen molar-refractivity contribution in [3.8, 4) is 0 Å². The lowest BCUT2D eigenvalue weighted by Crippen LogP contribution is -2.33. The Morgan fingerprint density at radius 3 is 2.64 bits per heavy atom. The van der Waals surface area contributed by atoms with E-state index in [0.717, 1.165) is 16.0 Å². The Kier molecular flexibility index (Phi) is 5.06. The fraction of sp³-hybridized carbons (Fsp3) is 0.529. The Morgan fingerprint density at radius 1 is 1.36 bits per heavy atom. The third-order valence-electron chi connectivity index (χ3n) is 3.77. The Balaban J connectivity index is 2.56. The minimum atomic E-state index is -0.141. The molecule has 1 atom stereocenters. The molecule has 0 bridgehead atoms. The molecule has 0 aliphatic rings. The van der Waals surface area contributed by atoms with Crippen molar-refractivity contribution in [2.24, 2.45) is 5.92 Å². The normalized spacial score (nSPS) is 12.8. The highest BCUT2D eigenvalue weighted by molar-refractivity contribution is 7.19. The third-order valence-corrected chi connectivity index (χ3v) is 4.84. The standard InChI is InChI=1S/C17H24N2O2S/c1-6-11(4)18-16(20)14-12(5)22-13-7-8-19(9-10(2)3)17(21)15(13)14/h7-8,10-11H,6,9H2,1-5H3,(H,18,20)/t11-/m0/s1. The molecule has 120 valence electrons. The molecule has 0 aliphatic heterocycles. The Labute approximate surface area is 135 Å². The van der Waals surface area contributed by atoms with Crippen molar-refractivity contribution < 1.29 is 4.79 Å². The summed E-state index contributed by atoms with van der Waals surface area (Å²) in [6.45, 7) is 10.7. The van der Waals surface area contributed by atoms with Gasteiger partial charge in [0.15, 0.2) is 0 Å². The number of hydrogen-bond acceptors (Lipinski definition) is 3. The van der Waals surface area contributed by atoms with Crippen molar-refractivity contribution in [1.82, 2.24) is 9.88 Å². The van der Waals surface area contributed by atoms with E-state index in [2.05, 4.69) is 19.2 Å². The molecule has 22 heavy (non-hydrogen) atoms. The van der Waals surface area contributed by atoms with E-state index >= 15 is 0 Å². The lowest BCUT2D eigenvalue weighted by molar-refractivity contribution is 0.0940. The Morgan fingerprint density at radius 2 is 2.05 bits per heavy atom. The van der Waals surface area contributed by atoms with Crippen LogP contribution in [-0.4, -0.2) is 16.5 Å². The van der Waals surface area contributed by atoms with Gasteiger partial charge in [0.25, 0.3) is 11.5 Å². The Bertz CT molecular complexity index is 743. The molecule has 4 nitrogen and oxygen atoms in total. The fourth-order valence-electron chi connectivity index (χ4n) is 2.47. The average Bonchev–Trinajstić information content (AvgIpc) is 2.78. The van der Waals surface area contributed by atoms with Crippen molar-refractivity contribution in [1.29, 1.82) is 0 Å². The van der Waals surface area contributed by atoms with Gasteiger partial charge in [0.05, 0.1) is 10.9 Å². The number of carbonyl (C=O) groups is 1. The van der Waals surface area contributed by atoms with Crippen LogP contribution >= 0.6 is 11.3 Å². The number of nitrogens with zero attached hydrogens (tertiary/aromatic N) is 1. The van der Waals surface area contributed by atoms with E-state index in [1.165, 1.54) is 11.3 Å². The van der Waals surface area contributed by atoms with Gasteiger partial charge in [0.2, 0.25) is 0 Å². The second-order valence-corrected chi connectivity index (χ2v) is 7.48. The van der Waals surface area contributed by atoms with Gasteiger partial charge >= 0.3 is 0 Å². The lowest BCUT2D eigenvalue weighted by Gasteiger charge is -2.12. The van der Waals surface area contributed by atoms with Crippen molar-refractivity contribution in [3.63, 3.8) is 0 Å². The number of rotatable bonds is 5. The number of nitrogens with one attached hydrogen (secondary N) is 1. The summed E-state index contributed by atoms with van der Waals surface area (Å²) in [4.78, 5) is 26.2. The maximum atomic E-state index is 12.7. The van der Waals surface area contributed by atoms with Crippen molar-refractivity contribution in [3.05, 3.63) is 33.1 Å². The number of fused-ring (bicyclic) bond motifs is 1. The van der Waals surface area contributed by atoms with E-state index in [1.54, 1.807) is 4.57 Å². The predicted molar refractivity (Wildman–Crippen MR) is 92.9 cm³/mol. The molecule has 2 rings (SSSR count). The number of aryl methyl sites for hydroxylation is 1. The molecular formula is C17H24N2O2S. The molecule has 0 aliphatic carbocycles. The number of aromatic nitrogens is 1. The fourth-order valence-corrected chi connectivity index (χ4v) is 3.52. The van der Waals surface area contributed by atoms with Gasteiger partial charge in [-0.1, -0.05) is 20.8 Å². The second kappa shape index (κ2) is 6.65. The minimum Gasteiger partial charge on any atom is -0.350 e. The largest absolute Gasteiger partial charge is 0.350 e. The highest BCUT2D eigenvalue weighted by atomic mass is 32.1. The average molecular weight is 320 g/mol. The molecule has 0 aromatic carbocycles. The maximum absolute atomic E-state index is 12.7. The molecule has 5 heteroatoms. The first-order valence-corrected chi connectivity index (χ1v) is 8.60. The van der Waals surface area contributed by atoms with Crippen LogP contribution in [0.5, 0.6) is 0 Å². The van der Waals surface area contributed by atoms with E-state index in [-0.39, 0.29) is 17.5 Å². The van der Waals surface area contributed by atoms with E-state index in [1.807, 2.05) is 33.0 Å². The summed E-state index contributed by atoms with van der Waals surface area (Å²) in [5, 5.41) is 3.53. The summed E-state index contributed by atoms with van der Waals surface area (Å²) >= 11 is 1.51. The predicted octanol–water partition coefficient (Wildman–Crippen LogP) is 3.56. The molecule has 2 aromatic rings. The summed E-state index contributed by atoms with van der Waals surface area (Å²) in [5.74, 6) is 0.241. The van der Waals surface area contributed by atoms with Crippen LogP contribution in [-0.2, 0) is 6.54 Å². The Hall–Kier alpha value is -1.62. The second-order valence-electron chi connectivity index (χ2n) is 6.22. The number of carbonyl (C=O) groups excluding carboxylic acids is 1. The van der Waals surface area contributed by atoms with Crippen molar-refractivity contribution in [2.45, 2.75) is 53.6 Å². The summed E-state index contributed by atoms with van der Waals surface area (Å²) in [6, 6.07) is 2.04. The van der Waals surface area contributed by atoms with Gasteiger partial charge in [-0.05, 0) is 32.3 Å². The number of hydrogen-bond donors (Lipinski definition) is 1. The van der Waals surface area contributed by atoms with Crippen molar-refractivity contribution in [2.75, 3.05) is 0 Å². The zero-order chi connectivity index (χ0) is 16.4. The summed E-state index contributed by atoms with van der Waals surface area (Å²) < 4.78 is 2.59.